The number of Topliss-reactive ketones (excluding diaryl/α,β-unsaturated/α-hetero) is 1. The highest BCUT2D eigenvalue weighted by Gasteiger charge is 2.61. The third-order valence-corrected chi connectivity index (χ3v) is 9.24. The van der Waals surface area contributed by atoms with Crippen molar-refractivity contribution < 1.29 is 30.0 Å². The van der Waals surface area contributed by atoms with Crippen molar-refractivity contribution in [3.63, 3.8) is 0 Å². The molecule has 7 N–H and O–H groups in total. The Bertz CT molecular complexity index is 1220. The SMILES string of the molecule is C=C1C/C(=C\C=C(\CNC2CCN(C)CC2)C(=C)O)[C@H](C)[C@@H]2C1=C(C)[C@]1(O)C(=O)C(C(N)=O)=C(O)C[C@@H]1[C@H]2O. The molecule has 39 heavy (non-hydrogen) atoms. The van der Waals surface area contributed by atoms with Crippen molar-refractivity contribution in [3.05, 3.63) is 70.3 Å². The standard InChI is InChI=1S/C30H41N3O6/c1-15-12-19(6-7-20(18(4)34)14-32-21-8-10-33(5)11-9-21)16(2)25-24(15)17(3)30(39)22(27(25)36)13-23(35)26(28(30)37)29(31)38/h6-7,16,21-22,25,27,32,34-36,39H,1,4,8-14H2,2-3,5H3,(H2,31,38)/b19-6+,20-7-/t16-,22+,25+,27+,30+/m0/s1. The Labute approximate surface area is 229 Å². The average molecular weight is 540 g/mol. The number of hydrogen-bond donors (Lipinski definition) is 6. The number of carbonyl (C=O) groups is 2. The largest absolute Gasteiger partial charge is 0.511 e. The van der Waals surface area contributed by atoms with E-state index >= 15 is 0 Å². The van der Waals surface area contributed by atoms with Gasteiger partial charge in [-0.15, -0.1) is 0 Å². The second-order valence-electron chi connectivity index (χ2n) is 11.6. The van der Waals surface area contributed by atoms with Crippen LogP contribution in [0.1, 0.15) is 39.5 Å². The Balaban J connectivity index is 1.63. The van der Waals surface area contributed by atoms with Crippen molar-refractivity contribution in [1.82, 2.24) is 10.2 Å². The summed E-state index contributed by atoms with van der Waals surface area (Å²) in [5.41, 5.74) is 5.79. The van der Waals surface area contributed by atoms with Gasteiger partial charge in [-0.3, -0.25) is 9.59 Å². The highest BCUT2D eigenvalue weighted by atomic mass is 16.3. The van der Waals surface area contributed by atoms with Crippen molar-refractivity contribution in [1.29, 1.82) is 0 Å². The molecule has 0 aromatic carbocycles. The molecule has 1 amide bonds. The molecule has 0 aromatic heterocycles. The van der Waals surface area contributed by atoms with Crippen LogP contribution in [-0.2, 0) is 9.59 Å². The van der Waals surface area contributed by atoms with Crippen molar-refractivity contribution >= 4 is 11.7 Å². The smallest absolute Gasteiger partial charge is 0.255 e. The van der Waals surface area contributed by atoms with Crippen LogP contribution in [0.25, 0.3) is 0 Å². The number of rotatable bonds is 6. The number of likely N-dealkylation sites (tertiary alicyclic amines) is 1. The van der Waals surface area contributed by atoms with Crippen LogP contribution in [-0.4, -0.2) is 81.4 Å². The molecule has 1 saturated carbocycles. The lowest BCUT2D eigenvalue weighted by molar-refractivity contribution is -0.149. The predicted octanol–water partition coefficient (Wildman–Crippen LogP) is 2.12. The van der Waals surface area contributed by atoms with Gasteiger partial charge in [0.2, 0.25) is 5.78 Å². The number of ketones is 1. The molecule has 5 atom stereocenters. The number of aliphatic hydroxyl groups excluding tert-OH is 3. The summed E-state index contributed by atoms with van der Waals surface area (Å²) in [4.78, 5) is 27.4. The fourth-order valence-corrected chi connectivity index (χ4v) is 6.82. The van der Waals surface area contributed by atoms with Crippen LogP contribution in [0.3, 0.4) is 0 Å². The van der Waals surface area contributed by atoms with Crippen LogP contribution in [0.15, 0.2) is 70.3 Å². The molecule has 4 rings (SSSR count). The molecule has 0 bridgehead atoms. The number of piperidine rings is 1. The first-order valence-corrected chi connectivity index (χ1v) is 13.5. The van der Waals surface area contributed by atoms with Crippen LogP contribution in [0.4, 0.5) is 0 Å². The highest BCUT2D eigenvalue weighted by Crippen LogP contribution is 2.55. The maximum atomic E-state index is 13.2. The normalized spacial score (nSPS) is 33.9. The highest BCUT2D eigenvalue weighted by molar-refractivity contribution is 6.23. The van der Waals surface area contributed by atoms with Crippen LogP contribution in [0, 0.1) is 17.8 Å². The van der Waals surface area contributed by atoms with Crippen molar-refractivity contribution in [2.24, 2.45) is 23.5 Å². The molecule has 1 heterocycles. The molecule has 1 saturated heterocycles. The molecule has 2 fully saturated rings. The third kappa shape index (κ3) is 5.04. The molecule has 3 aliphatic carbocycles. The van der Waals surface area contributed by atoms with Crippen molar-refractivity contribution in [2.45, 2.75) is 57.3 Å². The number of nitrogens with one attached hydrogen (secondary N) is 1. The summed E-state index contributed by atoms with van der Waals surface area (Å²) in [6.07, 6.45) is 4.85. The lowest BCUT2D eigenvalue weighted by Gasteiger charge is -2.52. The van der Waals surface area contributed by atoms with Gasteiger partial charge in [0.15, 0.2) is 5.60 Å². The Morgan fingerprint density at radius 2 is 1.95 bits per heavy atom. The summed E-state index contributed by atoms with van der Waals surface area (Å²) in [7, 11) is 2.11. The van der Waals surface area contributed by atoms with Gasteiger partial charge in [0, 0.05) is 36.4 Å². The molecule has 4 aliphatic rings. The lowest BCUT2D eigenvalue weighted by atomic mass is 9.54. The summed E-state index contributed by atoms with van der Waals surface area (Å²) in [5, 5.41) is 47.3. The number of allylic oxidation sites excluding steroid dienone is 5. The van der Waals surface area contributed by atoms with Gasteiger partial charge < -0.3 is 36.4 Å². The van der Waals surface area contributed by atoms with E-state index in [2.05, 4.69) is 30.4 Å². The van der Waals surface area contributed by atoms with E-state index in [0.717, 1.165) is 31.5 Å². The predicted molar refractivity (Wildman–Crippen MR) is 148 cm³/mol. The molecular weight excluding hydrogens is 498 g/mol. The van der Waals surface area contributed by atoms with E-state index in [9.17, 15) is 30.0 Å². The minimum atomic E-state index is -2.16. The van der Waals surface area contributed by atoms with E-state index in [1.807, 2.05) is 19.1 Å². The van der Waals surface area contributed by atoms with Gasteiger partial charge in [-0.2, -0.15) is 0 Å². The molecule has 0 radical (unpaired) electrons. The molecular formula is C30H41N3O6. The Kier molecular flexibility index (Phi) is 8.10. The van der Waals surface area contributed by atoms with Gasteiger partial charge in [0.25, 0.3) is 5.91 Å². The Morgan fingerprint density at radius 3 is 2.54 bits per heavy atom. The summed E-state index contributed by atoms with van der Waals surface area (Å²) < 4.78 is 0. The minimum absolute atomic E-state index is 0.0120. The first-order valence-electron chi connectivity index (χ1n) is 13.5. The number of carbonyl (C=O) groups excluding carboxylic acids is 2. The second kappa shape index (κ2) is 10.9. The Hall–Kier alpha value is -2.98. The second-order valence-corrected chi connectivity index (χ2v) is 11.6. The zero-order valence-electron chi connectivity index (χ0n) is 23.0. The monoisotopic (exact) mass is 539 g/mol. The van der Waals surface area contributed by atoms with Crippen LogP contribution < -0.4 is 11.1 Å². The van der Waals surface area contributed by atoms with Crippen LogP contribution in [0.2, 0.25) is 0 Å². The van der Waals surface area contributed by atoms with E-state index in [4.69, 9.17) is 5.73 Å². The number of nitrogens with two attached hydrogens (primary N) is 1. The maximum Gasteiger partial charge on any atom is 0.255 e. The number of fused-ring (bicyclic) bond motifs is 2. The fourth-order valence-electron chi connectivity index (χ4n) is 6.82. The first kappa shape index (κ1) is 29.0. The number of aliphatic hydroxyl groups is 4. The summed E-state index contributed by atoms with van der Waals surface area (Å²) >= 11 is 0. The number of nitrogens with zero attached hydrogens (tertiary/aromatic N) is 1. The van der Waals surface area contributed by atoms with E-state index in [1.54, 1.807) is 6.92 Å². The number of hydrogen-bond acceptors (Lipinski definition) is 8. The lowest BCUT2D eigenvalue weighted by Crippen LogP contribution is -2.61. The molecule has 212 valence electrons. The molecule has 9 heteroatoms. The summed E-state index contributed by atoms with van der Waals surface area (Å²) in [5.74, 6) is -4.34. The quantitative estimate of drug-likeness (QED) is 0.170. The van der Waals surface area contributed by atoms with Gasteiger partial charge >= 0.3 is 0 Å². The van der Waals surface area contributed by atoms with Crippen molar-refractivity contribution in [3.8, 4) is 0 Å². The average Bonchev–Trinajstić information content (AvgIpc) is 2.86. The van der Waals surface area contributed by atoms with Gasteiger partial charge in [-0.05, 0) is 69.0 Å². The van der Waals surface area contributed by atoms with E-state index in [0.29, 0.717) is 41.3 Å². The zero-order valence-corrected chi connectivity index (χ0v) is 23.0. The molecule has 0 aromatic rings. The summed E-state index contributed by atoms with van der Waals surface area (Å²) in [6, 6.07) is 0.371. The van der Waals surface area contributed by atoms with Gasteiger partial charge in [0.1, 0.15) is 17.1 Å². The zero-order chi connectivity index (χ0) is 28.8. The van der Waals surface area contributed by atoms with Crippen LogP contribution >= 0.6 is 0 Å². The summed E-state index contributed by atoms with van der Waals surface area (Å²) in [6.45, 7) is 14.1. The Morgan fingerprint density at radius 1 is 1.31 bits per heavy atom. The van der Waals surface area contributed by atoms with E-state index in [1.165, 1.54) is 0 Å². The van der Waals surface area contributed by atoms with Crippen molar-refractivity contribution in [2.75, 3.05) is 26.7 Å². The maximum absolute atomic E-state index is 13.2. The van der Waals surface area contributed by atoms with Gasteiger partial charge in [0.05, 0.1) is 6.10 Å². The van der Waals surface area contributed by atoms with Crippen LogP contribution in [0.5, 0.6) is 0 Å². The first-order chi connectivity index (χ1) is 18.3. The molecule has 0 spiro atoms. The molecule has 1 aliphatic heterocycles. The van der Waals surface area contributed by atoms with E-state index < -0.39 is 46.6 Å². The van der Waals surface area contributed by atoms with Gasteiger partial charge in [-0.25, -0.2) is 0 Å². The molecule has 9 nitrogen and oxygen atoms in total. The minimum Gasteiger partial charge on any atom is -0.511 e. The topological polar surface area (TPSA) is 156 Å². The number of amides is 1. The van der Waals surface area contributed by atoms with Gasteiger partial charge in [-0.1, -0.05) is 37.8 Å². The molecule has 0 unspecified atom stereocenters. The number of primary amides is 1. The third-order valence-electron chi connectivity index (χ3n) is 9.24. The fraction of sp³-hybridized carbons (Fsp3) is 0.533. The van der Waals surface area contributed by atoms with E-state index in [-0.39, 0.29) is 18.1 Å².